The van der Waals surface area contributed by atoms with Crippen LogP contribution in [0.4, 0.5) is 5.69 Å². The van der Waals surface area contributed by atoms with Crippen molar-refractivity contribution >= 4 is 27.5 Å². The molecule has 0 aliphatic carbocycles. The van der Waals surface area contributed by atoms with E-state index in [2.05, 4.69) is 15.6 Å². The number of sulfonamides is 1. The zero-order chi connectivity index (χ0) is 22.8. The molecule has 10 heteroatoms. The van der Waals surface area contributed by atoms with Crippen molar-refractivity contribution in [3.63, 3.8) is 0 Å². The minimum atomic E-state index is -3.86. The molecule has 2 amide bonds. The summed E-state index contributed by atoms with van der Waals surface area (Å²) in [7, 11) is -2.37. The summed E-state index contributed by atoms with van der Waals surface area (Å²) in [6.07, 6.45) is 1.30. The number of anilines is 1. The third-order valence-corrected chi connectivity index (χ3v) is 6.70. The molecule has 0 spiro atoms. The first-order valence-electron chi connectivity index (χ1n) is 9.79. The minimum absolute atomic E-state index is 0.0832. The third-order valence-electron chi connectivity index (χ3n) is 4.88. The van der Waals surface area contributed by atoms with E-state index in [1.807, 2.05) is 20.8 Å². The molecule has 166 valence electrons. The van der Waals surface area contributed by atoms with Crippen molar-refractivity contribution in [2.24, 2.45) is 5.41 Å². The zero-order valence-corrected chi connectivity index (χ0v) is 18.7. The highest BCUT2D eigenvalue weighted by atomic mass is 32.2. The maximum absolute atomic E-state index is 13.2. The van der Waals surface area contributed by atoms with Gasteiger partial charge in [0.05, 0.1) is 17.0 Å². The largest absolute Gasteiger partial charge is 0.474 e. The van der Waals surface area contributed by atoms with Crippen LogP contribution >= 0.6 is 0 Å². The Morgan fingerprint density at radius 3 is 2.48 bits per heavy atom. The summed E-state index contributed by atoms with van der Waals surface area (Å²) in [5, 5.41) is 5.26. The molecule has 0 radical (unpaired) electrons. The molecule has 2 heterocycles. The summed E-state index contributed by atoms with van der Waals surface area (Å²) in [4.78, 5) is 29.4. The van der Waals surface area contributed by atoms with Crippen molar-refractivity contribution in [3.8, 4) is 5.88 Å². The maximum Gasteiger partial charge on any atom is 0.264 e. The zero-order valence-electron chi connectivity index (χ0n) is 17.9. The van der Waals surface area contributed by atoms with Crippen molar-refractivity contribution < 1.29 is 22.7 Å². The van der Waals surface area contributed by atoms with Crippen LogP contribution in [0.2, 0.25) is 0 Å². The normalized spacial score (nSPS) is 14.8. The number of nitrogens with zero attached hydrogens (tertiary/aromatic N) is 2. The highest BCUT2D eigenvalue weighted by Crippen LogP contribution is 2.34. The topological polar surface area (TPSA) is 118 Å². The van der Waals surface area contributed by atoms with Crippen molar-refractivity contribution in [1.29, 1.82) is 0 Å². The van der Waals surface area contributed by atoms with Crippen molar-refractivity contribution in [2.45, 2.75) is 31.7 Å². The van der Waals surface area contributed by atoms with E-state index >= 15 is 0 Å². The van der Waals surface area contributed by atoms with Gasteiger partial charge in [0.1, 0.15) is 18.3 Å². The number of ether oxygens (including phenoxy) is 1. The Morgan fingerprint density at radius 2 is 1.87 bits per heavy atom. The Kier molecular flexibility index (Phi) is 6.21. The lowest BCUT2D eigenvalue weighted by atomic mass is 9.86. The second kappa shape index (κ2) is 8.54. The van der Waals surface area contributed by atoms with Gasteiger partial charge in [0, 0.05) is 13.2 Å². The smallest absolute Gasteiger partial charge is 0.264 e. The molecule has 0 saturated heterocycles. The number of nitrogens with one attached hydrogen (secondary N) is 2. The summed E-state index contributed by atoms with van der Waals surface area (Å²) < 4.78 is 33.0. The van der Waals surface area contributed by atoms with Crippen molar-refractivity contribution in [1.82, 2.24) is 15.6 Å². The Morgan fingerprint density at radius 1 is 1.19 bits per heavy atom. The van der Waals surface area contributed by atoms with Gasteiger partial charge in [-0.1, -0.05) is 39.0 Å². The van der Waals surface area contributed by atoms with Gasteiger partial charge in [-0.05, 0) is 23.6 Å². The third kappa shape index (κ3) is 4.63. The van der Waals surface area contributed by atoms with Crippen molar-refractivity contribution in [2.75, 3.05) is 24.5 Å². The standard InChI is InChI=1S/C21H26N4O5S/c1-21(2,3)17(19(27)22-4)24-18(26)14-12-16-20(23-13-14)30-11-10-25(16)31(28,29)15-8-6-5-7-9-15/h5-9,12-13,17H,10-11H2,1-4H3,(H,22,27)(H,24,26)/t17-/m1/s1. The van der Waals surface area contributed by atoms with Crippen LogP contribution in [0.3, 0.4) is 0 Å². The average Bonchev–Trinajstić information content (AvgIpc) is 2.75. The van der Waals surface area contributed by atoms with Crippen LogP contribution in [0, 0.1) is 5.41 Å². The van der Waals surface area contributed by atoms with E-state index in [4.69, 9.17) is 4.74 Å². The lowest BCUT2D eigenvalue weighted by Gasteiger charge is -2.31. The van der Waals surface area contributed by atoms with Gasteiger partial charge < -0.3 is 15.4 Å². The summed E-state index contributed by atoms with van der Waals surface area (Å²) in [5.41, 5.74) is -0.242. The molecule has 9 nitrogen and oxygen atoms in total. The van der Waals surface area contributed by atoms with E-state index in [1.54, 1.807) is 18.2 Å². The number of amides is 2. The van der Waals surface area contributed by atoms with Crippen LogP contribution in [0.1, 0.15) is 31.1 Å². The summed E-state index contributed by atoms with van der Waals surface area (Å²) >= 11 is 0. The second-order valence-corrected chi connectivity index (χ2v) is 10.0. The number of hydrogen-bond donors (Lipinski definition) is 2. The van der Waals surface area contributed by atoms with E-state index in [1.165, 1.54) is 35.7 Å². The molecule has 0 saturated carbocycles. The molecule has 3 rings (SSSR count). The Balaban J connectivity index is 1.96. The van der Waals surface area contributed by atoms with Crippen LogP contribution in [0.25, 0.3) is 0 Å². The molecule has 1 aliphatic heterocycles. The summed E-state index contributed by atoms with van der Waals surface area (Å²) in [5.74, 6) is -0.745. The predicted molar refractivity (Wildman–Crippen MR) is 115 cm³/mol. The van der Waals surface area contributed by atoms with Gasteiger partial charge in [-0.15, -0.1) is 0 Å². The molecule has 2 aromatic rings. The van der Waals surface area contributed by atoms with Gasteiger partial charge in [-0.25, -0.2) is 13.4 Å². The van der Waals surface area contributed by atoms with Gasteiger partial charge in [0.2, 0.25) is 11.8 Å². The number of benzene rings is 1. The molecular formula is C21H26N4O5S. The van der Waals surface area contributed by atoms with E-state index in [0.717, 1.165) is 0 Å². The van der Waals surface area contributed by atoms with Crippen LogP contribution in [0.5, 0.6) is 5.88 Å². The van der Waals surface area contributed by atoms with Gasteiger partial charge >= 0.3 is 0 Å². The first kappa shape index (κ1) is 22.5. The predicted octanol–water partition coefficient (Wildman–Crippen LogP) is 1.56. The summed E-state index contributed by atoms with van der Waals surface area (Å²) in [6.45, 7) is 5.72. The fourth-order valence-corrected chi connectivity index (χ4v) is 4.66. The highest BCUT2D eigenvalue weighted by Gasteiger charge is 2.34. The van der Waals surface area contributed by atoms with E-state index in [9.17, 15) is 18.0 Å². The monoisotopic (exact) mass is 446 g/mol. The van der Waals surface area contributed by atoms with E-state index in [0.29, 0.717) is 0 Å². The van der Waals surface area contributed by atoms with Crippen LogP contribution < -0.4 is 19.7 Å². The minimum Gasteiger partial charge on any atom is -0.474 e. The lowest BCUT2D eigenvalue weighted by molar-refractivity contribution is -0.124. The molecule has 1 aliphatic rings. The van der Waals surface area contributed by atoms with Crippen LogP contribution in [0.15, 0.2) is 47.5 Å². The number of pyridine rings is 1. The van der Waals surface area contributed by atoms with Crippen LogP contribution in [-0.2, 0) is 14.8 Å². The summed E-state index contributed by atoms with van der Waals surface area (Å²) in [6, 6.07) is 8.65. The average molecular weight is 447 g/mol. The molecule has 0 bridgehead atoms. The number of hydrogen-bond acceptors (Lipinski definition) is 6. The molecule has 1 aromatic carbocycles. The number of fused-ring (bicyclic) bond motifs is 1. The molecule has 1 atom stereocenters. The molecule has 2 N–H and O–H groups in total. The molecule has 0 unspecified atom stereocenters. The second-order valence-electron chi connectivity index (χ2n) is 8.17. The van der Waals surface area contributed by atoms with Gasteiger partial charge in [-0.2, -0.15) is 0 Å². The quantitative estimate of drug-likeness (QED) is 0.720. The van der Waals surface area contributed by atoms with Gasteiger partial charge in [0.25, 0.3) is 15.9 Å². The number of carbonyl (C=O) groups is 2. The fraction of sp³-hybridized carbons (Fsp3) is 0.381. The first-order chi connectivity index (χ1) is 14.6. The Hall–Kier alpha value is -3.14. The van der Waals surface area contributed by atoms with E-state index in [-0.39, 0.29) is 41.1 Å². The SMILES string of the molecule is CNC(=O)[C@@H](NC(=O)c1cnc2c(c1)N(S(=O)(=O)c1ccccc1)CCO2)C(C)(C)C. The molecule has 31 heavy (non-hydrogen) atoms. The maximum atomic E-state index is 13.2. The number of rotatable bonds is 5. The Bertz CT molecular complexity index is 1080. The fourth-order valence-electron chi connectivity index (χ4n) is 3.20. The first-order valence-corrected chi connectivity index (χ1v) is 11.2. The molecular weight excluding hydrogens is 420 g/mol. The van der Waals surface area contributed by atoms with E-state index < -0.39 is 27.4 Å². The highest BCUT2D eigenvalue weighted by molar-refractivity contribution is 7.92. The van der Waals surface area contributed by atoms with Gasteiger partial charge in [0.15, 0.2) is 0 Å². The van der Waals surface area contributed by atoms with Crippen molar-refractivity contribution in [3.05, 3.63) is 48.2 Å². The number of carbonyl (C=O) groups excluding carboxylic acids is 2. The van der Waals surface area contributed by atoms with Crippen LogP contribution in [-0.4, -0.2) is 51.5 Å². The lowest BCUT2D eigenvalue weighted by Crippen LogP contribution is -2.52. The Labute approximate surface area is 181 Å². The number of likely N-dealkylation sites (N-methyl/N-ethyl adjacent to an activating group) is 1. The molecule has 0 fully saturated rings. The van der Waals surface area contributed by atoms with Gasteiger partial charge in [-0.3, -0.25) is 13.9 Å². The number of aromatic nitrogens is 1. The molecule has 1 aromatic heterocycles.